The number of thiophene rings is 1. The Bertz CT molecular complexity index is 913. The monoisotopic (exact) mass is 392 g/mol. The molecule has 0 radical (unpaired) electrons. The van der Waals surface area contributed by atoms with E-state index in [9.17, 15) is 8.42 Å². The van der Waals surface area contributed by atoms with Crippen LogP contribution in [0.1, 0.15) is 11.3 Å². The molecule has 130 valence electrons. The van der Waals surface area contributed by atoms with E-state index in [1.807, 2.05) is 48.5 Å². The Hall–Kier alpha value is -1.73. The van der Waals surface area contributed by atoms with Crippen LogP contribution in [0.2, 0.25) is 4.34 Å². The zero-order chi connectivity index (χ0) is 17.7. The second kappa shape index (κ2) is 8.10. The van der Waals surface area contributed by atoms with E-state index < -0.39 is 10.0 Å². The highest BCUT2D eigenvalue weighted by atomic mass is 35.5. The molecule has 0 fully saturated rings. The molecule has 0 unspecified atom stereocenters. The summed E-state index contributed by atoms with van der Waals surface area (Å²) < 4.78 is 28.2. The molecular formula is C18H17ClN2O2S2. The number of benzene rings is 1. The Kier molecular flexibility index (Phi) is 5.86. The first-order valence-corrected chi connectivity index (χ1v) is 10.4. The molecule has 0 saturated heterocycles. The largest absolute Gasteiger partial charge is 0.260 e. The van der Waals surface area contributed by atoms with E-state index in [-0.39, 0.29) is 10.8 Å². The Balaban J connectivity index is 1.85. The van der Waals surface area contributed by atoms with Crippen molar-refractivity contribution in [2.75, 3.05) is 6.54 Å². The number of hydrogen-bond acceptors (Lipinski definition) is 4. The van der Waals surface area contributed by atoms with Crippen LogP contribution in [0.25, 0.3) is 0 Å². The van der Waals surface area contributed by atoms with E-state index in [2.05, 4.69) is 4.98 Å². The summed E-state index contributed by atoms with van der Waals surface area (Å²) in [5, 5.41) is 0. The van der Waals surface area contributed by atoms with Gasteiger partial charge in [0.2, 0.25) is 0 Å². The average Bonchev–Trinajstić information content (AvgIpc) is 3.07. The number of pyridine rings is 1. The average molecular weight is 393 g/mol. The minimum absolute atomic E-state index is 0.228. The van der Waals surface area contributed by atoms with Crippen molar-refractivity contribution in [3.8, 4) is 0 Å². The van der Waals surface area contributed by atoms with E-state index in [0.29, 0.717) is 23.0 Å². The van der Waals surface area contributed by atoms with Gasteiger partial charge in [-0.2, -0.15) is 4.31 Å². The predicted octanol–water partition coefficient (Wildman–Crippen LogP) is 4.23. The summed E-state index contributed by atoms with van der Waals surface area (Å²) in [5.74, 6) is 0. The van der Waals surface area contributed by atoms with Crippen molar-refractivity contribution < 1.29 is 8.42 Å². The number of halogens is 1. The van der Waals surface area contributed by atoms with Crippen LogP contribution >= 0.6 is 22.9 Å². The van der Waals surface area contributed by atoms with Crippen molar-refractivity contribution in [1.29, 1.82) is 0 Å². The maximum atomic E-state index is 13.0. The molecule has 3 aromatic rings. The second-order valence-corrected chi connectivity index (χ2v) is 9.33. The molecule has 0 aliphatic carbocycles. The smallest absolute Gasteiger partial charge is 0.252 e. The van der Waals surface area contributed by atoms with Gasteiger partial charge in [0.05, 0.1) is 16.6 Å². The fourth-order valence-electron chi connectivity index (χ4n) is 2.42. The second-order valence-electron chi connectivity index (χ2n) is 5.45. The number of aromatic nitrogens is 1. The van der Waals surface area contributed by atoms with Gasteiger partial charge >= 0.3 is 0 Å². The minimum Gasteiger partial charge on any atom is -0.260 e. The van der Waals surface area contributed by atoms with Crippen molar-refractivity contribution in [3.05, 3.63) is 82.5 Å². The van der Waals surface area contributed by atoms with Gasteiger partial charge in [-0.25, -0.2) is 8.42 Å². The van der Waals surface area contributed by atoms with Gasteiger partial charge in [-0.05, 0) is 36.2 Å². The molecule has 0 atom stereocenters. The molecule has 2 aromatic heterocycles. The fraction of sp³-hybridized carbons (Fsp3) is 0.167. The summed E-state index contributed by atoms with van der Waals surface area (Å²) in [6.45, 7) is 0.601. The molecule has 0 aliphatic heterocycles. The van der Waals surface area contributed by atoms with E-state index in [4.69, 9.17) is 11.6 Å². The number of sulfonamides is 1. The Morgan fingerprint density at radius 2 is 1.76 bits per heavy atom. The van der Waals surface area contributed by atoms with Gasteiger partial charge in [0.25, 0.3) is 10.0 Å². The van der Waals surface area contributed by atoms with Gasteiger partial charge in [-0.15, -0.1) is 11.3 Å². The van der Waals surface area contributed by atoms with E-state index >= 15 is 0 Å². The lowest BCUT2D eigenvalue weighted by atomic mass is 10.1. The van der Waals surface area contributed by atoms with Gasteiger partial charge in [-0.1, -0.05) is 48.0 Å². The summed E-state index contributed by atoms with van der Waals surface area (Å²) in [4.78, 5) is 4.26. The molecule has 25 heavy (non-hydrogen) atoms. The lowest BCUT2D eigenvalue weighted by Gasteiger charge is -2.21. The summed E-state index contributed by atoms with van der Waals surface area (Å²) in [7, 11) is -3.62. The lowest BCUT2D eigenvalue weighted by Crippen LogP contribution is -2.32. The minimum atomic E-state index is -3.62. The van der Waals surface area contributed by atoms with Crippen molar-refractivity contribution in [2.24, 2.45) is 0 Å². The summed E-state index contributed by atoms with van der Waals surface area (Å²) >= 11 is 7.00. The van der Waals surface area contributed by atoms with E-state index in [0.717, 1.165) is 16.9 Å². The number of nitrogens with zero attached hydrogens (tertiary/aromatic N) is 2. The molecule has 2 heterocycles. The zero-order valence-electron chi connectivity index (χ0n) is 13.4. The fourth-order valence-corrected chi connectivity index (χ4v) is 5.47. The first-order valence-electron chi connectivity index (χ1n) is 7.75. The topological polar surface area (TPSA) is 50.3 Å². The number of rotatable bonds is 7. The molecule has 3 rings (SSSR count). The lowest BCUT2D eigenvalue weighted by molar-refractivity contribution is 0.406. The van der Waals surface area contributed by atoms with E-state index in [1.165, 1.54) is 4.31 Å². The maximum absolute atomic E-state index is 13.0. The normalized spacial score (nSPS) is 11.8. The molecule has 1 aromatic carbocycles. The van der Waals surface area contributed by atoms with Crippen LogP contribution in [0.3, 0.4) is 0 Å². The van der Waals surface area contributed by atoms with Crippen LogP contribution in [0.15, 0.2) is 71.1 Å². The SMILES string of the molecule is O=S(=O)(c1ccc(Cl)s1)N(CCc1ccccc1)Cc1ccccn1. The van der Waals surface area contributed by atoms with Gasteiger partial charge in [0.1, 0.15) is 4.21 Å². The Morgan fingerprint density at radius 1 is 1.00 bits per heavy atom. The van der Waals surface area contributed by atoms with Crippen molar-refractivity contribution in [3.63, 3.8) is 0 Å². The molecule has 0 bridgehead atoms. The molecule has 0 amide bonds. The van der Waals surface area contributed by atoms with Crippen molar-refractivity contribution in [1.82, 2.24) is 9.29 Å². The van der Waals surface area contributed by atoms with Crippen LogP contribution < -0.4 is 0 Å². The Morgan fingerprint density at radius 3 is 2.40 bits per heavy atom. The quantitative estimate of drug-likeness (QED) is 0.604. The summed E-state index contributed by atoms with van der Waals surface area (Å²) in [6, 6.07) is 18.5. The molecule has 0 saturated carbocycles. The zero-order valence-corrected chi connectivity index (χ0v) is 15.8. The van der Waals surface area contributed by atoms with Crippen LogP contribution in [0.5, 0.6) is 0 Å². The third-order valence-electron chi connectivity index (χ3n) is 3.70. The first-order chi connectivity index (χ1) is 12.1. The maximum Gasteiger partial charge on any atom is 0.252 e. The van der Waals surface area contributed by atoms with Crippen LogP contribution in [0.4, 0.5) is 0 Å². The molecule has 0 aliphatic rings. The van der Waals surface area contributed by atoms with Crippen LogP contribution in [-0.2, 0) is 23.0 Å². The molecule has 7 heteroatoms. The molecule has 0 spiro atoms. The highest BCUT2D eigenvalue weighted by Gasteiger charge is 2.26. The first kappa shape index (κ1) is 18.1. The number of hydrogen-bond donors (Lipinski definition) is 0. The predicted molar refractivity (Wildman–Crippen MR) is 101 cm³/mol. The third-order valence-corrected chi connectivity index (χ3v) is 7.24. The summed E-state index contributed by atoms with van der Waals surface area (Å²) in [5.41, 5.74) is 1.80. The van der Waals surface area contributed by atoms with Crippen molar-refractivity contribution >= 4 is 33.0 Å². The Labute approximate surface area is 156 Å². The van der Waals surface area contributed by atoms with Gasteiger partial charge < -0.3 is 0 Å². The standard InChI is InChI=1S/C18H17ClN2O2S2/c19-17-9-10-18(24-17)25(22,23)21(14-16-8-4-5-12-20-16)13-11-15-6-2-1-3-7-15/h1-10,12H,11,13-14H2. The molecular weight excluding hydrogens is 376 g/mol. The molecule has 0 N–H and O–H groups in total. The van der Waals surface area contributed by atoms with Crippen LogP contribution in [-0.4, -0.2) is 24.3 Å². The van der Waals surface area contributed by atoms with E-state index in [1.54, 1.807) is 18.3 Å². The summed E-state index contributed by atoms with van der Waals surface area (Å²) in [6.07, 6.45) is 2.30. The van der Waals surface area contributed by atoms with Crippen molar-refractivity contribution in [2.45, 2.75) is 17.2 Å². The van der Waals surface area contributed by atoms with Gasteiger partial charge in [-0.3, -0.25) is 4.98 Å². The van der Waals surface area contributed by atoms with Gasteiger partial charge in [0, 0.05) is 12.7 Å². The third kappa shape index (κ3) is 4.67. The highest BCUT2D eigenvalue weighted by Crippen LogP contribution is 2.29. The van der Waals surface area contributed by atoms with Gasteiger partial charge in [0.15, 0.2) is 0 Å². The molecule has 4 nitrogen and oxygen atoms in total. The highest BCUT2D eigenvalue weighted by molar-refractivity contribution is 7.91. The van der Waals surface area contributed by atoms with Crippen LogP contribution in [0, 0.1) is 0 Å².